The number of carbonyl (C=O) groups excluding carboxylic acids is 3. The van der Waals surface area contributed by atoms with Crippen molar-refractivity contribution in [2.24, 2.45) is 20.5 Å². The van der Waals surface area contributed by atoms with Crippen LogP contribution in [-0.4, -0.2) is 94.6 Å². The second kappa shape index (κ2) is 14.0. The Kier molecular flexibility index (Phi) is 9.09. The summed E-state index contributed by atoms with van der Waals surface area (Å²) in [5.74, 6) is -1.04. The molecular formula is C28H24N20O4S2. The third-order valence-electron chi connectivity index (χ3n) is 7.35. The molecule has 7 aromatic rings. The molecule has 0 atom stereocenters. The SMILES string of the molecule is COC(=O)c1cnn(-c2nnc(C)s2)c1/N=N/c1c(C)nn(-c2cc(-n3nc(C)c(/N=N/c4c(C(=O)C=O)cnn4-c4nnc(C)s4)c3N)ncn2)c1N. The summed E-state index contributed by atoms with van der Waals surface area (Å²) in [5.41, 5.74) is 14.0. The summed E-state index contributed by atoms with van der Waals surface area (Å²) in [6.07, 6.45) is 3.88. The van der Waals surface area contributed by atoms with Gasteiger partial charge in [-0.25, -0.2) is 14.8 Å². The molecule has 0 aliphatic carbocycles. The Morgan fingerprint density at radius 2 is 1.20 bits per heavy atom. The largest absolute Gasteiger partial charge is 0.465 e. The van der Waals surface area contributed by atoms with Gasteiger partial charge in [0.05, 0.1) is 36.5 Å². The number of hydrogen-bond acceptors (Lipinski definition) is 22. The number of azo groups is 2. The Bertz CT molecular complexity index is 2660. The van der Waals surface area contributed by atoms with E-state index in [4.69, 9.17) is 16.2 Å². The zero-order valence-corrected chi connectivity index (χ0v) is 30.2. The lowest BCUT2D eigenvalue weighted by Crippen LogP contribution is -2.09. The monoisotopic (exact) mass is 768 g/mol. The van der Waals surface area contributed by atoms with Gasteiger partial charge in [0.25, 0.3) is 0 Å². The van der Waals surface area contributed by atoms with Crippen molar-refractivity contribution in [2.75, 3.05) is 18.6 Å². The second-order valence-electron chi connectivity index (χ2n) is 10.9. The third-order valence-corrected chi connectivity index (χ3v) is 8.98. The van der Waals surface area contributed by atoms with E-state index in [1.807, 2.05) is 0 Å². The molecule has 4 N–H and O–H groups in total. The number of aromatic nitrogens is 14. The van der Waals surface area contributed by atoms with Gasteiger partial charge in [0.2, 0.25) is 16.0 Å². The minimum atomic E-state index is -0.857. The molecule has 0 saturated carbocycles. The molecule has 26 heteroatoms. The molecule has 0 amide bonds. The lowest BCUT2D eigenvalue weighted by Gasteiger charge is -2.06. The summed E-state index contributed by atoms with van der Waals surface area (Å²) in [6, 6.07) is 1.52. The van der Waals surface area contributed by atoms with Crippen molar-refractivity contribution in [3.05, 3.63) is 57.3 Å². The highest BCUT2D eigenvalue weighted by Crippen LogP contribution is 2.35. The first kappa shape index (κ1) is 35.1. The molecule has 0 aliphatic rings. The number of Topliss-reactive ketones (excluding diaryl/α,β-unsaturated/α-hetero) is 1. The molecular weight excluding hydrogens is 745 g/mol. The molecule has 0 saturated heterocycles. The molecule has 0 spiro atoms. The molecule has 0 radical (unpaired) electrons. The van der Waals surface area contributed by atoms with E-state index in [0.29, 0.717) is 31.7 Å². The molecule has 272 valence electrons. The van der Waals surface area contributed by atoms with Crippen LogP contribution < -0.4 is 11.5 Å². The Hall–Kier alpha value is -7.35. The highest BCUT2D eigenvalue weighted by molar-refractivity contribution is 7.13. The van der Waals surface area contributed by atoms with Gasteiger partial charge in [0.15, 0.2) is 52.6 Å². The average molecular weight is 769 g/mol. The van der Waals surface area contributed by atoms with Crippen LogP contribution in [0.5, 0.6) is 0 Å². The topological polar surface area (TPSA) is 311 Å². The summed E-state index contributed by atoms with van der Waals surface area (Å²) in [7, 11) is 1.23. The van der Waals surface area contributed by atoms with Gasteiger partial charge >= 0.3 is 5.97 Å². The van der Waals surface area contributed by atoms with Crippen LogP contribution in [0.25, 0.3) is 21.9 Å². The molecule has 7 rings (SSSR count). The van der Waals surface area contributed by atoms with Gasteiger partial charge < -0.3 is 16.2 Å². The minimum absolute atomic E-state index is 0.0322. The first-order valence-corrected chi connectivity index (χ1v) is 16.8. The minimum Gasteiger partial charge on any atom is -0.465 e. The van der Waals surface area contributed by atoms with E-state index in [0.717, 1.165) is 0 Å². The van der Waals surface area contributed by atoms with E-state index in [-0.39, 0.29) is 63.7 Å². The van der Waals surface area contributed by atoms with Crippen molar-refractivity contribution in [1.29, 1.82) is 0 Å². The van der Waals surface area contributed by atoms with Crippen LogP contribution in [0.4, 0.5) is 34.6 Å². The lowest BCUT2D eigenvalue weighted by molar-refractivity contribution is -0.104. The highest BCUT2D eigenvalue weighted by Gasteiger charge is 2.24. The van der Waals surface area contributed by atoms with Gasteiger partial charge in [-0.1, -0.05) is 22.7 Å². The Balaban J connectivity index is 1.21. The maximum absolute atomic E-state index is 12.5. The van der Waals surface area contributed by atoms with Gasteiger partial charge in [-0.3, -0.25) is 9.59 Å². The number of ketones is 1. The fourth-order valence-corrected chi connectivity index (χ4v) is 6.12. The Morgan fingerprint density at radius 3 is 1.65 bits per heavy atom. The van der Waals surface area contributed by atoms with Crippen LogP contribution >= 0.6 is 22.7 Å². The third kappa shape index (κ3) is 6.25. The van der Waals surface area contributed by atoms with E-state index in [1.54, 1.807) is 27.7 Å². The Morgan fingerprint density at radius 1 is 0.722 bits per heavy atom. The average Bonchev–Trinajstić information content (AvgIpc) is 4.03. The molecule has 0 aromatic carbocycles. The number of hydrogen-bond donors (Lipinski definition) is 2. The van der Waals surface area contributed by atoms with Gasteiger partial charge in [-0.2, -0.15) is 39.1 Å². The number of nitrogens with zero attached hydrogens (tertiary/aromatic N) is 18. The molecule has 24 nitrogen and oxygen atoms in total. The van der Waals surface area contributed by atoms with Crippen LogP contribution in [0.2, 0.25) is 0 Å². The smallest absolute Gasteiger partial charge is 0.343 e. The lowest BCUT2D eigenvalue weighted by atomic mass is 10.2. The number of nitrogen functional groups attached to an aromatic ring is 2. The Labute approximate surface area is 309 Å². The molecule has 0 fully saturated rings. The first-order chi connectivity index (χ1) is 26.0. The number of rotatable bonds is 11. The maximum atomic E-state index is 12.5. The fraction of sp³-hybridized carbons (Fsp3) is 0.179. The number of aryl methyl sites for hydroxylation is 4. The summed E-state index contributed by atoms with van der Waals surface area (Å²) in [4.78, 5) is 44.8. The number of nitrogens with two attached hydrogens (primary N) is 2. The molecule has 54 heavy (non-hydrogen) atoms. The van der Waals surface area contributed by atoms with Crippen molar-refractivity contribution < 1.29 is 19.1 Å². The van der Waals surface area contributed by atoms with Crippen LogP contribution in [0.15, 0.2) is 45.2 Å². The summed E-state index contributed by atoms with van der Waals surface area (Å²) in [5, 5.41) is 52.5. The standard InChI is InChI=1S/C28H24N20O4S2/c1-11-20(37-39-24-15(17(50)9-49)7-33-47(24)27-41-35-13(3)53-27)22(29)45(43-11)18-6-19(32-10-31-18)46-23(30)21(12(2)44-46)38-40-25-16(26(51)52-5)8-34-48(25)28-42-36-14(4)54-28/h6-10H,29-30H2,1-5H3/b39-37+,40-38+. The molecule has 0 bridgehead atoms. The number of aldehydes is 1. The van der Waals surface area contributed by atoms with Crippen LogP contribution in [0.3, 0.4) is 0 Å². The predicted molar refractivity (Wildman–Crippen MR) is 188 cm³/mol. The maximum Gasteiger partial charge on any atom is 0.343 e. The molecule has 0 aliphatic heterocycles. The van der Waals surface area contributed by atoms with Crippen molar-refractivity contribution in [3.8, 4) is 21.9 Å². The van der Waals surface area contributed by atoms with Gasteiger partial charge in [0, 0.05) is 6.07 Å². The number of esters is 1. The van der Waals surface area contributed by atoms with Gasteiger partial charge in [0.1, 0.15) is 21.9 Å². The van der Waals surface area contributed by atoms with E-state index in [9.17, 15) is 14.4 Å². The van der Waals surface area contributed by atoms with Crippen molar-refractivity contribution in [3.63, 3.8) is 0 Å². The van der Waals surface area contributed by atoms with Crippen LogP contribution in [0.1, 0.15) is 42.1 Å². The van der Waals surface area contributed by atoms with Crippen LogP contribution in [0, 0.1) is 27.7 Å². The second-order valence-corrected chi connectivity index (χ2v) is 13.2. The zero-order chi connectivity index (χ0) is 38.3. The number of methoxy groups -OCH3 is 1. The van der Waals surface area contributed by atoms with Gasteiger partial charge in [-0.15, -0.1) is 40.9 Å². The molecule has 7 heterocycles. The zero-order valence-electron chi connectivity index (χ0n) is 28.5. The van der Waals surface area contributed by atoms with Crippen LogP contribution in [-0.2, 0) is 9.53 Å². The quantitative estimate of drug-likeness (QED) is 0.0626. The van der Waals surface area contributed by atoms with E-state index >= 15 is 0 Å². The summed E-state index contributed by atoms with van der Waals surface area (Å²) in [6.45, 7) is 6.82. The first-order valence-electron chi connectivity index (χ1n) is 15.2. The number of ether oxygens (including phenoxy) is 1. The van der Waals surface area contributed by atoms with Crippen molar-refractivity contribution >= 4 is 75.4 Å². The fourth-order valence-electron chi connectivity index (χ4n) is 4.82. The predicted octanol–water partition coefficient (Wildman–Crippen LogP) is 3.32. The van der Waals surface area contributed by atoms with Crippen molar-refractivity contribution in [2.45, 2.75) is 27.7 Å². The van der Waals surface area contributed by atoms with Gasteiger partial charge in [-0.05, 0) is 27.7 Å². The molecule has 7 aromatic heterocycles. The normalized spacial score (nSPS) is 11.6. The van der Waals surface area contributed by atoms with E-state index in [2.05, 4.69) is 71.2 Å². The summed E-state index contributed by atoms with van der Waals surface area (Å²) >= 11 is 2.43. The highest BCUT2D eigenvalue weighted by atomic mass is 32.1. The van der Waals surface area contributed by atoms with E-state index < -0.39 is 11.8 Å². The summed E-state index contributed by atoms with van der Waals surface area (Å²) < 4.78 is 10.1. The molecule has 0 unspecified atom stereocenters. The van der Waals surface area contributed by atoms with E-state index in [1.165, 1.54) is 73.3 Å². The number of anilines is 2. The van der Waals surface area contributed by atoms with Crippen molar-refractivity contribution in [1.82, 2.24) is 69.5 Å². The number of carbonyl (C=O) groups is 3.